The molecule has 0 unspecified atom stereocenters. The molecule has 0 aliphatic carbocycles. The van der Waals surface area contributed by atoms with Gasteiger partial charge in [-0.1, -0.05) is 48.5 Å². The number of rotatable bonds is 2. The Balaban J connectivity index is 1.07. The molecular weight excluding hydrogens is 689 g/mol. The average molecular weight is 719 g/mol. The van der Waals surface area contributed by atoms with Crippen LogP contribution in [0.2, 0.25) is 0 Å². The lowest BCUT2D eigenvalue weighted by Crippen LogP contribution is -2.18. The number of hydrogen-bond donors (Lipinski definition) is 2. The molecule has 0 spiro atoms. The second-order valence-corrected chi connectivity index (χ2v) is 13.9. The van der Waals surface area contributed by atoms with Gasteiger partial charge in [0.1, 0.15) is 0 Å². The highest BCUT2D eigenvalue weighted by Crippen LogP contribution is 2.27. The summed E-state index contributed by atoms with van der Waals surface area (Å²) in [5.41, 5.74) is 14.0. The highest BCUT2D eigenvalue weighted by molar-refractivity contribution is 6.31. The van der Waals surface area contributed by atoms with E-state index in [9.17, 15) is 0 Å². The molecule has 56 heavy (non-hydrogen) atoms. The molecular formula is C48H30N8. The fourth-order valence-corrected chi connectivity index (χ4v) is 7.49. The van der Waals surface area contributed by atoms with Crippen molar-refractivity contribution < 1.29 is 0 Å². The summed E-state index contributed by atoms with van der Waals surface area (Å²) in [5.74, 6) is 0. The van der Waals surface area contributed by atoms with Gasteiger partial charge in [0.25, 0.3) is 0 Å². The number of aliphatic imine (C=N–C) groups is 2. The number of nitrogens with one attached hydrogen (secondary N) is 2. The number of aromatic amines is 2. The van der Waals surface area contributed by atoms with E-state index in [0.29, 0.717) is 0 Å². The molecule has 0 amide bonds. The van der Waals surface area contributed by atoms with Gasteiger partial charge in [-0.15, -0.1) is 0 Å². The number of fused-ring (bicyclic) bond motifs is 16. The van der Waals surface area contributed by atoms with Gasteiger partial charge >= 0.3 is 0 Å². The quantitative estimate of drug-likeness (QED) is 0.227. The fourth-order valence-electron chi connectivity index (χ4n) is 7.49. The maximum Gasteiger partial charge on any atom is 0.0893 e. The summed E-state index contributed by atoms with van der Waals surface area (Å²) in [6, 6.07) is 41.0. The first-order valence-corrected chi connectivity index (χ1v) is 18.4. The van der Waals surface area contributed by atoms with E-state index in [1.807, 2.05) is 97.1 Å². The van der Waals surface area contributed by atoms with Gasteiger partial charge in [0.15, 0.2) is 0 Å². The van der Waals surface area contributed by atoms with Crippen molar-refractivity contribution in [2.45, 2.75) is 0 Å². The molecule has 4 aliphatic rings. The van der Waals surface area contributed by atoms with Crippen molar-refractivity contribution in [1.82, 2.24) is 29.9 Å². The Hall–Kier alpha value is -7.84. The van der Waals surface area contributed by atoms with Crippen LogP contribution in [-0.4, -0.2) is 41.3 Å². The minimum absolute atomic E-state index is 0.814. The molecule has 16 bridgehead atoms. The summed E-state index contributed by atoms with van der Waals surface area (Å²) in [5, 5.41) is 3.80. The van der Waals surface area contributed by atoms with Gasteiger partial charge < -0.3 is 9.97 Å². The molecule has 0 fully saturated rings. The summed E-state index contributed by atoms with van der Waals surface area (Å²) in [6.07, 6.45) is 16.4. The molecule has 7 aromatic rings. The van der Waals surface area contributed by atoms with Crippen LogP contribution in [-0.2, 0) is 0 Å². The normalized spacial score (nSPS) is 14.9. The molecule has 0 saturated heterocycles. The van der Waals surface area contributed by atoms with Crippen LogP contribution in [0.4, 0.5) is 0 Å². The predicted octanol–water partition coefficient (Wildman–Crippen LogP) is 6.04. The summed E-state index contributed by atoms with van der Waals surface area (Å²) < 4.78 is 0. The maximum absolute atomic E-state index is 5.11. The van der Waals surface area contributed by atoms with E-state index in [-0.39, 0.29) is 0 Å². The molecule has 262 valence electrons. The van der Waals surface area contributed by atoms with Crippen molar-refractivity contribution in [3.8, 4) is 22.8 Å². The molecule has 0 radical (unpaired) electrons. The van der Waals surface area contributed by atoms with E-state index < -0.39 is 0 Å². The van der Waals surface area contributed by atoms with Crippen LogP contribution in [0, 0.1) is 0 Å². The Morgan fingerprint density at radius 3 is 1.11 bits per heavy atom. The van der Waals surface area contributed by atoms with Crippen molar-refractivity contribution in [3.63, 3.8) is 0 Å². The van der Waals surface area contributed by atoms with Crippen molar-refractivity contribution in [2.75, 3.05) is 0 Å². The number of aromatic nitrogens is 6. The number of hydrogen-bond acceptors (Lipinski definition) is 6. The standard InChI is InChI=1S/C48H30N8/c1-5-31-25-35-17-21-43(53-35)47(44-22-18-36(54-44)26-32-6-2-10-40(50-32)39(9-1)49-31)29-13-15-30(16-14-29)48-45-23-19-37(55-45)27-33-7-3-11-41(51-33)42-12-4-8-34(52-42)28-38-20-24-46(48)56-38/h1-28,53,55H. The van der Waals surface area contributed by atoms with Gasteiger partial charge in [-0.25, -0.2) is 29.9 Å². The average Bonchev–Trinajstić information content (AvgIpc) is 4.06. The summed E-state index contributed by atoms with van der Waals surface area (Å²) in [7, 11) is 0. The number of allylic oxidation sites excluding steroid dienone is 4. The van der Waals surface area contributed by atoms with Crippen LogP contribution in [0.3, 0.4) is 0 Å². The van der Waals surface area contributed by atoms with Crippen LogP contribution in [0.1, 0.15) is 33.9 Å². The lowest BCUT2D eigenvalue weighted by molar-refractivity contribution is 1.21. The van der Waals surface area contributed by atoms with Gasteiger partial charge in [-0.05, 0) is 133 Å². The maximum atomic E-state index is 5.11. The molecule has 10 heterocycles. The zero-order valence-corrected chi connectivity index (χ0v) is 29.8. The Morgan fingerprint density at radius 2 is 0.714 bits per heavy atom. The lowest BCUT2D eigenvalue weighted by atomic mass is 9.95. The molecule has 1 aromatic carbocycles. The third kappa shape index (κ3) is 5.91. The third-order valence-electron chi connectivity index (χ3n) is 10.1. The van der Waals surface area contributed by atoms with Gasteiger partial charge in [0.2, 0.25) is 0 Å². The molecule has 2 N–H and O–H groups in total. The molecule has 4 aliphatic heterocycles. The first-order chi connectivity index (χ1) is 27.6. The number of pyridine rings is 4. The van der Waals surface area contributed by atoms with E-state index in [0.717, 1.165) is 112 Å². The predicted molar refractivity (Wildman–Crippen MR) is 223 cm³/mol. The van der Waals surface area contributed by atoms with E-state index >= 15 is 0 Å². The van der Waals surface area contributed by atoms with E-state index in [4.69, 9.17) is 29.9 Å². The SMILES string of the molecule is C1=CC2=NC1=Cc1cccc(n1)-c1cccc(n1)C=c1ccc([nH]1)=C2c1ccc(C2=c3ccc([nH]3)=Cc3cccc(n3)-c3cccc(n3)C=C3C=CC2=N3)cc1. The fraction of sp³-hybridized carbons (Fsp3) is 0. The number of nitrogens with zero attached hydrogens (tertiary/aromatic N) is 6. The van der Waals surface area contributed by atoms with Crippen molar-refractivity contribution in [1.29, 1.82) is 0 Å². The molecule has 8 nitrogen and oxygen atoms in total. The Labute approximate surface area is 320 Å². The van der Waals surface area contributed by atoms with Crippen molar-refractivity contribution in [3.05, 3.63) is 212 Å². The zero-order chi connectivity index (χ0) is 37.0. The van der Waals surface area contributed by atoms with Crippen LogP contribution in [0.5, 0.6) is 0 Å². The molecule has 8 heteroatoms. The molecule has 0 saturated carbocycles. The summed E-state index contributed by atoms with van der Waals surface area (Å²) >= 11 is 0. The van der Waals surface area contributed by atoms with Crippen LogP contribution in [0.15, 0.2) is 167 Å². The minimum Gasteiger partial charge on any atom is -0.355 e. The molecule has 11 rings (SSSR count). The number of benzene rings is 1. The second-order valence-electron chi connectivity index (χ2n) is 13.9. The van der Waals surface area contributed by atoms with E-state index in [1.165, 1.54) is 0 Å². The first-order valence-electron chi connectivity index (χ1n) is 18.4. The third-order valence-corrected chi connectivity index (χ3v) is 10.1. The van der Waals surface area contributed by atoms with Gasteiger partial charge in [-0.3, -0.25) is 0 Å². The van der Waals surface area contributed by atoms with Gasteiger partial charge in [0.05, 0.1) is 68.4 Å². The van der Waals surface area contributed by atoms with E-state index in [2.05, 4.69) is 82.8 Å². The molecule has 0 atom stereocenters. The van der Waals surface area contributed by atoms with Crippen molar-refractivity contribution >= 4 is 46.9 Å². The number of H-pyrrole nitrogens is 2. The van der Waals surface area contributed by atoms with E-state index in [1.54, 1.807) is 0 Å². The van der Waals surface area contributed by atoms with Crippen LogP contribution < -0.4 is 21.4 Å². The monoisotopic (exact) mass is 718 g/mol. The minimum atomic E-state index is 0.814. The lowest BCUT2D eigenvalue weighted by Gasteiger charge is -2.10. The van der Waals surface area contributed by atoms with Crippen LogP contribution in [0.25, 0.3) is 58.2 Å². The first kappa shape index (κ1) is 31.7. The summed E-state index contributed by atoms with van der Waals surface area (Å²) in [4.78, 5) is 37.1. The highest BCUT2D eigenvalue weighted by atomic mass is 14.8. The van der Waals surface area contributed by atoms with Crippen LogP contribution >= 0.6 is 0 Å². The Kier molecular flexibility index (Phi) is 7.31. The molecule has 6 aromatic heterocycles. The smallest absolute Gasteiger partial charge is 0.0893 e. The van der Waals surface area contributed by atoms with Crippen molar-refractivity contribution in [2.24, 2.45) is 9.98 Å². The largest absolute Gasteiger partial charge is 0.355 e. The topological polar surface area (TPSA) is 108 Å². The van der Waals surface area contributed by atoms with Gasteiger partial charge in [0, 0.05) is 32.5 Å². The summed E-state index contributed by atoms with van der Waals surface area (Å²) in [6.45, 7) is 0. The Bertz CT molecular complexity index is 3020. The highest BCUT2D eigenvalue weighted by Gasteiger charge is 2.18. The second kappa shape index (κ2) is 12.9. The Morgan fingerprint density at radius 1 is 0.339 bits per heavy atom. The van der Waals surface area contributed by atoms with Gasteiger partial charge in [-0.2, -0.15) is 0 Å². The zero-order valence-electron chi connectivity index (χ0n) is 29.8.